The van der Waals surface area contributed by atoms with Gasteiger partial charge in [0.1, 0.15) is 0 Å². The minimum atomic E-state index is -0.527. The zero-order valence-corrected chi connectivity index (χ0v) is 11.2. The number of nitrogens with one attached hydrogen (secondary N) is 2. The fraction of sp³-hybridized carbons (Fsp3) is 0.500. The Labute approximate surface area is 108 Å². The Kier molecular flexibility index (Phi) is 5.82. The van der Waals surface area contributed by atoms with Gasteiger partial charge in [-0.2, -0.15) is 0 Å². The molecule has 4 nitrogen and oxygen atoms in total. The van der Waals surface area contributed by atoms with Crippen molar-refractivity contribution in [1.82, 2.24) is 5.32 Å². The number of anilines is 1. The molecule has 0 aliphatic heterocycles. The van der Waals surface area contributed by atoms with Crippen LogP contribution in [0.1, 0.15) is 38.9 Å². The lowest BCUT2D eigenvalue weighted by atomic mass is 10.00. The monoisotopic (exact) mass is 250 g/mol. The van der Waals surface area contributed by atoms with Gasteiger partial charge in [-0.05, 0) is 30.7 Å². The number of carbonyl (C=O) groups excluding carboxylic acids is 1. The van der Waals surface area contributed by atoms with E-state index in [0.717, 1.165) is 24.2 Å². The molecule has 0 heterocycles. The molecule has 0 radical (unpaired) electrons. The van der Waals surface area contributed by atoms with Gasteiger partial charge in [0, 0.05) is 18.7 Å². The lowest BCUT2D eigenvalue weighted by Gasteiger charge is -2.22. The van der Waals surface area contributed by atoms with Gasteiger partial charge in [0.05, 0.1) is 6.10 Å². The maximum absolute atomic E-state index is 10.9. The predicted molar refractivity (Wildman–Crippen MR) is 73.5 cm³/mol. The van der Waals surface area contributed by atoms with Crippen LogP contribution in [0, 0.1) is 0 Å². The average molecular weight is 250 g/mol. The Bertz CT molecular complexity index is 376. The van der Waals surface area contributed by atoms with Gasteiger partial charge in [-0.15, -0.1) is 0 Å². The summed E-state index contributed by atoms with van der Waals surface area (Å²) in [5, 5.41) is 16.2. The zero-order valence-electron chi connectivity index (χ0n) is 11.2. The summed E-state index contributed by atoms with van der Waals surface area (Å²) in [5.41, 5.74) is 1.60. The summed E-state index contributed by atoms with van der Waals surface area (Å²) in [6.07, 6.45) is 0.337. The Morgan fingerprint density at radius 3 is 2.33 bits per heavy atom. The number of carbonyl (C=O) groups is 1. The van der Waals surface area contributed by atoms with Crippen molar-refractivity contribution < 1.29 is 9.90 Å². The van der Waals surface area contributed by atoms with E-state index >= 15 is 0 Å². The fourth-order valence-electron chi connectivity index (χ4n) is 1.94. The van der Waals surface area contributed by atoms with E-state index < -0.39 is 6.10 Å². The second kappa shape index (κ2) is 7.13. The predicted octanol–water partition coefficient (Wildman–Crippen LogP) is 2.07. The molecular formula is C14H22N2O2. The van der Waals surface area contributed by atoms with Crippen LogP contribution in [0.25, 0.3) is 0 Å². The number of hydrogen-bond donors (Lipinski definition) is 3. The molecule has 0 aliphatic rings. The Balaban J connectivity index is 2.74. The van der Waals surface area contributed by atoms with Gasteiger partial charge >= 0.3 is 0 Å². The zero-order chi connectivity index (χ0) is 13.5. The minimum Gasteiger partial charge on any atom is -0.387 e. The molecule has 1 aromatic carbocycles. The van der Waals surface area contributed by atoms with E-state index in [1.165, 1.54) is 6.92 Å². The molecule has 0 aromatic heterocycles. The van der Waals surface area contributed by atoms with Gasteiger partial charge in [-0.3, -0.25) is 4.79 Å². The summed E-state index contributed by atoms with van der Waals surface area (Å²) in [4.78, 5) is 10.9. The second-order valence-corrected chi connectivity index (χ2v) is 4.32. The molecule has 0 aliphatic carbocycles. The highest BCUT2D eigenvalue weighted by Gasteiger charge is 2.17. The van der Waals surface area contributed by atoms with E-state index in [9.17, 15) is 9.90 Å². The number of hydrogen-bond acceptors (Lipinski definition) is 3. The molecule has 0 saturated carbocycles. The molecule has 3 N–H and O–H groups in total. The minimum absolute atomic E-state index is 0.0571. The van der Waals surface area contributed by atoms with E-state index in [0.29, 0.717) is 0 Å². The smallest absolute Gasteiger partial charge is 0.221 e. The summed E-state index contributed by atoms with van der Waals surface area (Å²) >= 11 is 0. The first-order valence-electron chi connectivity index (χ1n) is 6.37. The molecule has 0 bridgehead atoms. The molecule has 100 valence electrons. The second-order valence-electron chi connectivity index (χ2n) is 4.32. The molecule has 1 amide bonds. The lowest BCUT2D eigenvalue weighted by Crippen LogP contribution is -2.34. The standard InChI is InChI=1S/C14H22N2O2/c1-4-13(15-5-2)14(18)11-6-8-12(9-7-11)16-10(3)17/h6-9,13-15,18H,4-5H2,1-3H3,(H,16,17). The molecular weight excluding hydrogens is 228 g/mol. The SMILES string of the molecule is CCNC(CC)C(O)c1ccc(NC(C)=O)cc1. The van der Waals surface area contributed by atoms with Crippen LogP contribution < -0.4 is 10.6 Å². The largest absolute Gasteiger partial charge is 0.387 e. The van der Waals surface area contributed by atoms with E-state index in [2.05, 4.69) is 10.6 Å². The number of likely N-dealkylation sites (N-methyl/N-ethyl adjacent to an activating group) is 1. The molecule has 4 heteroatoms. The third kappa shape index (κ3) is 4.13. The molecule has 0 fully saturated rings. The third-order valence-corrected chi connectivity index (χ3v) is 2.86. The van der Waals surface area contributed by atoms with Gasteiger partial charge in [0.2, 0.25) is 5.91 Å². The summed E-state index contributed by atoms with van der Waals surface area (Å²) in [6.45, 7) is 6.37. The van der Waals surface area contributed by atoms with E-state index in [1.807, 2.05) is 26.0 Å². The van der Waals surface area contributed by atoms with Crippen molar-refractivity contribution >= 4 is 11.6 Å². The van der Waals surface area contributed by atoms with Gasteiger partial charge in [0.15, 0.2) is 0 Å². The lowest BCUT2D eigenvalue weighted by molar-refractivity contribution is -0.114. The van der Waals surface area contributed by atoms with Gasteiger partial charge in [-0.1, -0.05) is 26.0 Å². The highest BCUT2D eigenvalue weighted by molar-refractivity contribution is 5.88. The van der Waals surface area contributed by atoms with Crippen molar-refractivity contribution in [3.05, 3.63) is 29.8 Å². The van der Waals surface area contributed by atoms with E-state index in [1.54, 1.807) is 12.1 Å². The van der Waals surface area contributed by atoms with Crippen LogP contribution in [-0.2, 0) is 4.79 Å². The molecule has 0 spiro atoms. The van der Waals surface area contributed by atoms with Gasteiger partial charge < -0.3 is 15.7 Å². The van der Waals surface area contributed by atoms with Crippen LogP contribution in [0.5, 0.6) is 0 Å². The van der Waals surface area contributed by atoms with Crippen molar-refractivity contribution in [2.45, 2.75) is 39.3 Å². The molecule has 2 atom stereocenters. The van der Waals surface area contributed by atoms with Crippen molar-refractivity contribution in [2.75, 3.05) is 11.9 Å². The summed E-state index contributed by atoms with van der Waals surface area (Å²) in [5.74, 6) is -0.0950. The normalized spacial score (nSPS) is 14.0. The fourth-order valence-corrected chi connectivity index (χ4v) is 1.94. The quantitative estimate of drug-likeness (QED) is 0.724. The molecule has 0 saturated heterocycles. The van der Waals surface area contributed by atoms with Crippen molar-refractivity contribution in [3.8, 4) is 0 Å². The number of aliphatic hydroxyl groups excluding tert-OH is 1. The first-order valence-corrected chi connectivity index (χ1v) is 6.37. The topological polar surface area (TPSA) is 61.4 Å². The Morgan fingerprint density at radius 1 is 1.28 bits per heavy atom. The van der Waals surface area contributed by atoms with Crippen LogP contribution >= 0.6 is 0 Å². The molecule has 18 heavy (non-hydrogen) atoms. The first-order chi connectivity index (χ1) is 8.58. The maximum atomic E-state index is 10.9. The maximum Gasteiger partial charge on any atom is 0.221 e. The molecule has 1 rings (SSSR count). The van der Waals surface area contributed by atoms with Crippen molar-refractivity contribution in [3.63, 3.8) is 0 Å². The molecule has 1 aromatic rings. The number of aliphatic hydroxyl groups is 1. The molecule has 2 unspecified atom stereocenters. The van der Waals surface area contributed by atoms with Crippen molar-refractivity contribution in [2.24, 2.45) is 0 Å². The first kappa shape index (κ1) is 14.7. The Morgan fingerprint density at radius 2 is 1.89 bits per heavy atom. The van der Waals surface area contributed by atoms with Crippen LogP contribution in [-0.4, -0.2) is 23.6 Å². The Hall–Kier alpha value is -1.39. The summed E-state index contributed by atoms with van der Waals surface area (Å²) < 4.78 is 0. The van der Waals surface area contributed by atoms with E-state index in [4.69, 9.17) is 0 Å². The van der Waals surface area contributed by atoms with E-state index in [-0.39, 0.29) is 11.9 Å². The van der Waals surface area contributed by atoms with Crippen LogP contribution in [0.15, 0.2) is 24.3 Å². The highest BCUT2D eigenvalue weighted by Crippen LogP contribution is 2.20. The van der Waals surface area contributed by atoms with Gasteiger partial charge in [-0.25, -0.2) is 0 Å². The highest BCUT2D eigenvalue weighted by atomic mass is 16.3. The number of rotatable bonds is 6. The number of amides is 1. The number of benzene rings is 1. The van der Waals surface area contributed by atoms with Gasteiger partial charge in [0.25, 0.3) is 0 Å². The van der Waals surface area contributed by atoms with Crippen LogP contribution in [0.3, 0.4) is 0 Å². The van der Waals surface area contributed by atoms with Crippen LogP contribution in [0.2, 0.25) is 0 Å². The summed E-state index contributed by atoms with van der Waals surface area (Å²) in [7, 11) is 0. The van der Waals surface area contributed by atoms with Crippen molar-refractivity contribution in [1.29, 1.82) is 0 Å². The van der Waals surface area contributed by atoms with Crippen LogP contribution in [0.4, 0.5) is 5.69 Å². The average Bonchev–Trinajstić information content (AvgIpc) is 2.35. The summed E-state index contributed by atoms with van der Waals surface area (Å²) in [6, 6.07) is 7.35. The third-order valence-electron chi connectivity index (χ3n) is 2.86.